The number of benzene rings is 1. The molecule has 2 N–H and O–H groups in total. The van der Waals surface area contributed by atoms with Gasteiger partial charge in [0.05, 0.1) is 35.4 Å². The fourth-order valence-corrected chi connectivity index (χ4v) is 3.35. The predicted octanol–water partition coefficient (Wildman–Crippen LogP) is 3.73. The van der Waals surface area contributed by atoms with E-state index in [0.717, 1.165) is 11.4 Å². The molecule has 7 heteroatoms. The van der Waals surface area contributed by atoms with Crippen molar-refractivity contribution in [2.45, 2.75) is 34.1 Å². The first-order valence-corrected chi connectivity index (χ1v) is 9.11. The number of nitrogens with zero attached hydrogens (tertiary/aromatic N) is 2. The average Bonchev–Trinajstić information content (AvgIpc) is 3.19. The minimum absolute atomic E-state index is 0.318. The molecule has 2 aromatic heterocycles. The number of nitrogens with one attached hydrogen (secondary N) is 2. The Labute approximate surface area is 163 Å². The van der Waals surface area contributed by atoms with Gasteiger partial charge in [0.15, 0.2) is 0 Å². The van der Waals surface area contributed by atoms with E-state index in [0.29, 0.717) is 40.3 Å². The van der Waals surface area contributed by atoms with Crippen LogP contribution in [0, 0.1) is 20.8 Å². The maximum atomic E-state index is 12.9. The summed E-state index contributed by atoms with van der Waals surface area (Å²) in [5, 5.41) is 7.49. The number of hydrogen-bond acceptors (Lipinski definition) is 4. The Balaban J connectivity index is 1.96. The predicted molar refractivity (Wildman–Crippen MR) is 107 cm³/mol. The van der Waals surface area contributed by atoms with E-state index < -0.39 is 5.97 Å². The lowest BCUT2D eigenvalue weighted by Gasteiger charge is -2.07. The molecule has 1 amide bonds. The number of rotatable bonds is 5. The molecule has 0 spiro atoms. The zero-order valence-corrected chi connectivity index (χ0v) is 16.7. The number of para-hydroxylation sites is 1. The van der Waals surface area contributed by atoms with Crippen LogP contribution in [0.25, 0.3) is 5.69 Å². The van der Waals surface area contributed by atoms with Crippen molar-refractivity contribution in [2.24, 2.45) is 0 Å². The number of carbonyl (C=O) groups is 2. The van der Waals surface area contributed by atoms with Crippen LogP contribution >= 0.6 is 0 Å². The van der Waals surface area contributed by atoms with Crippen molar-refractivity contribution in [2.75, 3.05) is 12.4 Å². The molecular formula is C21H24N4O3. The molecule has 0 unspecified atom stereocenters. The monoisotopic (exact) mass is 380 g/mol. The Morgan fingerprint density at radius 1 is 1.18 bits per heavy atom. The van der Waals surface area contributed by atoms with Crippen molar-refractivity contribution in [3.8, 4) is 5.69 Å². The minimum Gasteiger partial charge on any atom is -0.465 e. The van der Waals surface area contributed by atoms with Gasteiger partial charge in [0.25, 0.3) is 5.91 Å². The van der Waals surface area contributed by atoms with Crippen molar-refractivity contribution in [3.05, 3.63) is 64.2 Å². The zero-order chi connectivity index (χ0) is 20.4. The number of hydrogen-bond donors (Lipinski definition) is 2. The van der Waals surface area contributed by atoms with Crippen LogP contribution in [0.2, 0.25) is 0 Å². The van der Waals surface area contributed by atoms with E-state index >= 15 is 0 Å². The summed E-state index contributed by atoms with van der Waals surface area (Å²) in [6, 6.07) is 9.72. The number of aryl methyl sites for hydroxylation is 2. The summed E-state index contributed by atoms with van der Waals surface area (Å²) in [7, 11) is 1.33. The highest BCUT2D eigenvalue weighted by Gasteiger charge is 2.25. The summed E-state index contributed by atoms with van der Waals surface area (Å²) in [6.07, 6.45) is 0.586. The lowest BCUT2D eigenvalue weighted by molar-refractivity contribution is 0.0599. The molecule has 0 bridgehead atoms. The SMILES string of the molecule is CCc1[nH]c(C(=O)Nc2c(C)nn(-c3ccccc3)c2C)c(C)c1C(=O)OC. The van der Waals surface area contributed by atoms with Crippen LogP contribution in [0.15, 0.2) is 30.3 Å². The molecule has 0 aliphatic heterocycles. The van der Waals surface area contributed by atoms with Gasteiger partial charge in [-0.3, -0.25) is 4.79 Å². The Kier molecular flexibility index (Phi) is 5.35. The van der Waals surface area contributed by atoms with Crippen molar-refractivity contribution in [1.29, 1.82) is 0 Å². The molecule has 0 atom stereocenters. The van der Waals surface area contributed by atoms with Gasteiger partial charge >= 0.3 is 5.97 Å². The van der Waals surface area contributed by atoms with Crippen LogP contribution in [0.4, 0.5) is 5.69 Å². The van der Waals surface area contributed by atoms with Gasteiger partial charge in [-0.25, -0.2) is 9.48 Å². The van der Waals surface area contributed by atoms with Gasteiger partial charge in [0.2, 0.25) is 0 Å². The van der Waals surface area contributed by atoms with Crippen molar-refractivity contribution in [3.63, 3.8) is 0 Å². The van der Waals surface area contributed by atoms with Crippen LogP contribution < -0.4 is 5.32 Å². The van der Waals surface area contributed by atoms with Crippen molar-refractivity contribution in [1.82, 2.24) is 14.8 Å². The lowest BCUT2D eigenvalue weighted by Crippen LogP contribution is -2.15. The van der Waals surface area contributed by atoms with Gasteiger partial charge in [0, 0.05) is 5.69 Å². The number of aromatic nitrogens is 3. The quantitative estimate of drug-likeness (QED) is 0.660. The molecular weight excluding hydrogens is 356 g/mol. The summed E-state index contributed by atoms with van der Waals surface area (Å²) in [5.41, 5.74) is 5.14. The molecule has 0 fully saturated rings. The van der Waals surface area contributed by atoms with E-state index in [2.05, 4.69) is 15.4 Å². The Morgan fingerprint density at radius 2 is 1.86 bits per heavy atom. The second kappa shape index (κ2) is 7.72. The standard InChI is InChI=1S/C21H24N4O3/c1-6-16-17(21(27)28-5)12(2)18(22-16)20(26)23-19-13(3)24-25(14(19)4)15-10-8-7-9-11-15/h7-11,22H,6H2,1-5H3,(H,23,26). The first-order chi connectivity index (χ1) is 13.4. The molecule has 0 saturated carbocycles. The normalized spacial score (nSPS) is 10.8. The van der Waals surface area contributed by atoms with Crippen LogP contribution in [-0.2, 0) is 11.2 Å². The van der Waals surface area contributed by atoms with Crippen LogP contribution in [-0.4, -0.2) is 33.8 Å². The van der Waals surface area contributed by atoms with E-state index in [1.165, 1.54) is 7.11 Å². The molecule has 7 nitrogen and oxygen atoms in total. The Bertz CT molecular complexity index is 1030. The second-order valence-corrected chi connectivity index (χ2v) is 6.57. The summed E-state index contributed by atoms with van der Waals surface area (Å²) in [5.74, 6) is -0.768. The molecule has 28 heavy (non-hydrogen) atoms. The fraction of sp³-hybridized carbons (Fsp3) is 0.286. The minimum atomic E-state index is -0.450. The number of methoxy groups -OCH3 is 1. The molecule has 0 aliphatic rings. The summed E-state index contributed by atoms with van der Waals surface area (Å²) in [6.45, 7) is 7.41. The van der Waals surface area contributed by atoms with E-state index in [4.69, 9.17) is 4.74 Å². The number of aromatic amines is 1. The summed E-state index contributed by atoms with van der Waals surface area (Å²) >= 11 is 0. The maximum Gasteiger partial charge on any atom is 0.339 e. The smallest absolute Gasteiger partial charge is 0.339 e. The topological polar surface area (TPSA) is 89.0 Å². The highest BCUT2D eigenvalue weighted by molar-refractivity contribution is 6.07. The van der Waals surface area contributed by atoms with E-state index in [1.54, 1.807) is 11.6 Å². The van der Waals surface area contributed by atoms with Crippen molar-refractivity contribution < 1.29 is 14.3 Å². The van der Waals surface area contributed by atoms with Gasteiger partial charge in [-0.1, -0.05) is 25.1 Å². The van der Waals surface area contributed by atoms with Gasteiger partial charge in [-0.2, -0.15) is 5.10 Å². The number of anilines is 1. The number of esters is 1. The molecule has 0 saturated heterocycles. The third-order valence-corrected chi connectivity index (χ3v) is 4.83. The van der Waals surface area contributed by atoms with E-state index in [9.17, 15) is 9.59 Å². The lowest BCUT2D eigenvalue weighted by atomic mass is 10.1. The third-order valence-electron chi connectivity index (χ3n) is 4.83. The van der Waals surface area contributed by atoms with Gasteiger partial charge in [0.1, 0.15) is 5.69 Å². The average molecular weight is 380 g/mol. The highest BCUT2D eigenvalue weighted by atomic mass is 16.5. The van der Waals surface area contributed by atoms with E-state index in [1.807, 2.05) is 51.1 Å². The largest absolute Gasteiger partial charge is 0.465 e. The molecule has 3 rings (SSSR count). The van der Waals surface area contributed by atoms with Gasteiger partial charge in [-0.05, 0) is 44.9 Å². The molecule has 0 radical (unpaired) electrons. The summed E-state index contributed by atoms with van der Waals surface area (Å²) in [4.78, 5) is 28.1. The number of amides is 1. The Morgan fingerprint density at radius 3 is 2.46 bits per heavy atom. The van der Waals surface area contributed by atoms with Crippen LogP contribution in [0.3, 0.4) is 0 Å². The highest BCUT2D eigenvalue weighted by Crippen LogP contribution is 2.25. The molecule has 3 aromatic rings. The van der Waals surface area contributed by atoms with Gasteiger partial charge in [-0.15, -0.1) is 0 Å². The fourth-order valence-electron chi connectivity index (χ4n) is 3.35. The first-order valence-electron chi connectivity index (χ1n) is 9.11. The van der Waals surface area contributed by atoms with Crippen LogP contribution in [0.1, 0.15) is 50.4 Å². The first kappa shape index (κ1) is 19.4. The van der Waals surface area contributed by atoms with Crippen molar-refractivity contribution >= 4 is 17.6 Å². The number of carbonyl (C=O) groups excluding carboxylic acids is 2. The van der Waals surface area contributed by atoms with Crippen LogP contribution in [0.5, 0.6) is 0 Å². The number of ether oxygens (including phenoxy) is 1. The molecule has 1 aromatic carbocycles. The van der Waals surface area contributed by atoms with E-state index in [-0.39, 0.29) is 5.91 Å². The Hall–Kier alpha value is -3.35. The second-order valence-electron chi connectivity index (χ2n) is 6.57. The maximum absolute atomic E-state index is 12.9. The molecule has 0 aliphatic carbocycles. The van der Waals surface area contributed by atoms with Gasteiger partial charge < -0.3 is 15.0 Å². The zero-order valence-electron chi connectivity index (χ0n) is 16.7. The molecule has 2 heterocycles. The molecule has 146 valence electrons. The third kappa shape index (κ3) is 3.31. The number of H-pyrrole nitrogens is 1. The summed E-state index contributed by atoms with van der Waals surface area (Å²) < 4.78 is 6.65.